The average molecular weight is 230 g/mol. The van der Waals surface area contributed by atoms with Crippen LogP contribution in [0.1, 0.15) is 12.8 Å². The van der Waals surface area contributed by atoms with E-state index in [4.69, 9.17) is 16.3 Å². The highest BCUT2D eigenvalue weighted by Crippen LogP contribution is 2.26. The maximum absolute atomic E-state index is 11.2. The molecule has 0 amide bonds. The monoisotopic (exact) mass is 229 g/mol. The SMILES string of the molecule is COC1CC(Nc2nc[nH]c(=O)c2Cl)C1. The van der Waals surface area contributed by atoms with Crippen LogP contribution in [0.4, 0.5) is 5.82 Å². The molecule has 2 rings (SSSR count). The lowest BCUT2D eigenvalue weighted by Crippen LogP contribution is -2.40. The second-order valence-electron chi connectivity index (χ2n) is 3.56. The summed E-state index contributed by atoms with van der Waals surface area (Å²) in [5, 5.41) is 3.22. The van der Waals surface area contributed by atoms with Crippen LogP contribution < -0.4 is 10.9 Å². The van der Waals surface area contributed by atoms with E-state index in [0.29, 0.717) is 18.0 Å². The predicted octanol–water partition coefficient (Wildman–Crippen LogP) is 1.01. The van der Waals surface area contributed by atoms with E-state index < -0.39 is 0 Å². The van der Waals surface area contributed by atoms with Crippen molar-refractivity contribution in [2.24, 2.45) is 0 Å². The molecule has 15 heavy (non-hydrogen) atoms. The van der Waals surface area contributed by atoms with E-state index in [1.165, 1.54) is 6.33 Å². The fourth-order valence-corrected chi connectivity index (χ4v) is 1.71. The zero-order chi connectivity index (χ0) is 10.8. The lowest BCUT2D eigenvalue weighted by molar-refractivity contribution is 0.0328. The summed E-state index contributed by atoms with van der Waals surface area (Å²) in [5.41, 5.74) is -0.322. The van der Waals surface area contributed by atoms with Crippen LogP contribution in [0, 0.1) is 0 Å². The highest BCUT2D eigenvalue weighted by atomic mass is 35.5. The Morgan fingerprint density at radius 2 is 2.40 bits per heavy atom. The van der Waals surface area contributed by atoms with Crippen molar-refractivity contribution in [1.82, 2.24) is 9.97 Å². The van der Waals surface area contributed by atoms with Crippen LogP contribution in [-0.2, 0) is 4.74 Å². The zero-order valence-electron chi connectivity index (χ0n) is 8.29. The Hall–Kier alpha value is -1.07. The van der Waals surface area contributed by atoms with Gasteiger partial charge in [-0.1, -0.05) is 11.6 Å². The second-order valence-corrected chi connectivity index (χ2v) is 3.94. The minimum absolute atomic E-state index is 0.110. The van der Waals surface area contributed by atoms with Gasteiger partial charge in [0, 0.05) is 13.2 Å². The molecule has 1 saturated carbocycles. The highest BCUT2D eigenvalue weighted by Gasteiger charge is 2.29. The quantitative estimate of drug-likeness (QED) is 0.812. The van der Waals surface area contributed by atoms with Gasteiger partial charge in [0.2, 0.25) is 0 Å². The first-order chi connectivity index (χ1) is 7.20. The molecule has 0 bridgehead atoms. The van der Waals surface area contributed by atoms with E-state index in [0.717, 1.165) is 12.8 Å². The molecule has 5 nitrogen and oxygen atoms in total. The molecule has 0 spiro atoms. The molecule has 0 radical (unpaired) electrons. The van der Waals surface area contributed by atoms with Crippen LogP contribution in [0.25, 0.3) is 0 Å². The lowest BCUT2D eigenvalue weighted by atomic mass is 9.89. The summed E-state index contributed by atoms with van der Waals surface area (Å²) in [7, 11) is 1.69. The molecule has 1 aromatic heterocycles. The van der Waals surface area contributed by atoms with E-state index in [-0.39, 0.29) is 10.6 Å². The van der Waals surface area contributed by atoms with Gasteiger partial charge in [0.1, 0.15) is 5.02 Å². The van der Waals surface area contributed by atoms with Gasteiger partial charge in [-0.25, -0.2) is 4.98 Å². The molecule has 1 fully saturated rings. The number of H-pyrrole nitrogens is 1. The van der Waals surface area contributed by atoms with Crippen LogP contribution in [-0.4, -0.2) is 29.2 Å². The molecule has 1 aromatic rings. The van der Waals surface area contributed by atoms with Gasteiger partial charge in [-0.05, 0) is 12.8 Å². The molecule has 0 saturated heterocycles. The second kappa shape index (κ2) is 4.20. The molecule has 6 heteroatoms. The molecule has 0 aromatic carbocycles. The van der Waals surface area contributed by atoms with E-state index in [1.54, 1.807) is 7.11 Å². The number of nitrogens with zero attached hydrogens (tertiary/aromatic N) is 1. The average Bonchev–Trinajstić information content (AvgIpc) is 2.17. The van der Waals surface area contributed by atoms with Gasteiger partial charge in [0.15, 0.2) is 5.82 Å². The number of ether oxygens (including phenoxy) is 1. The topological polar surface area (TPSA) is 67.0 Å². The van der Waals surface area contributed by atoms with Crippen molar-refractivity contribution in [3.63, 3.8) is 0 Å². The number of nitrogens with one attached hydrogen (secondary N) is 2. The van der Waals surface area contributed by atoms with Crippen LogP contribution in [0.5, 0.6) is 0 Å². The Balaban J connectivity index is 2.00. The fraction of sp³-hybridized carbons (Fsp3) is 0.556. The summed E-state index contributed by atoms with van der Waals surface area (Å²) in [6.07, 6.45) is 3.48. The first-order valence-corrected chi connectivity index (χ1v) is 5.11. The molecule has 1 aliphatic rings. The van der Waals surface area contributed by atoms with E-state index >= 15 is 0 Å². The normalized spacial score (nSPS) is 24.7. The standard InChI is InChI=1S/C9H12ClN3O2/c1-15-6-2-5(3-6)13-8-7(10)9(14)12-4-11-8/h4-6H,2-3H2,1H3,(H2,11,12,13,14). The number of aromatic amines is 1. The summed E-state index contributed by atoms with van der Waals surface area (Å²) >= 11 is 5.79. The molecule has 82 valence electrons. The van der Waals surface area contributed by atoms with Crippen molar-refractivity contribution in [1.29, 1.82) is 0 Å². The minimum atomic E-state index is -0.322. The molecule has 1 heterocycles. The van der Waals surface area contributed by atoms with Crippen LogP contribution in [0.3, 0.4) is 0 Å². The number of anilines is 1. The number of methoxy groups -OCH3 is 1. The van der Waals surface area contributed by atoms with Crippen molar-refractivity contribution in [2.45, 2.75) is 25.0 Å². The third-order valence-electron chi connectivity index (χ3n) is 2.57. The Morgan fingerprint density at radius 3 is 3.07 bits per heavy atom. The Kier molecular flexibility index (Phi) is 2.93. The lowest BCUT2D eigenvalue weighted by Gasteiger charge is -2.34. The number of halogens is 1. The van der Waals surface area contributed by atoms with E-state index in [9.17, 15) is 4.79 Å². The first-order valence-electron chi connectivity index (χ1n) is 4.73. The molecular formula is C9H12ClN3O2. The Bertz CT molecular complexity index is 401. The first kappa shape index (κ1) is 10.4. The maximum Gasteiger partial charge on any atom is 0.271 e. The fourth-order valence-electron chi connectivity index (χ4n) is 1.55. The van der Waals surface area contributed by atoms with Gasteiger partial charge in [-0.15, -0.1) is 0 Å². The summed E-state index contributed by atoms with van der Waals surface area (Å²) in [5.74, 6) is 0.444. The van der Waals surface area contributed by atoms with Crippen molar-refractivity contribution < 1.29 is 4.74 Å². The third kappa shape index (κ3) is 2.13. The molecule has 0 unspecified atom stereocenters. The zero-order valence-corrected chi connectivity index (χ0v) is 9.04. The van der Waals surface area contributed by atoms with Gasteiger partial charge in [0.25, 0.3) is 5.56 Å². The minimum Gasteiger partial charge on any atom is -0.381 e. The largest absolute Gasteiger partial charge is 0.381 e. The summed E-state index contributed by atoms with van der Waals surface area (Å²) < 4.78 is 5.15. The molecule has 2 N–H and O–H groups in total. The Labute approximate surface area is 91.8 Å². The molecular weight excluding hydrogens is 218 g/mol. The molecule has 0 atom stereocenters. The highest BCUT2D eigenvalue weighted by molar-refractivity contribution is 6.32. The van der Waals surface area contributed by atoms with Gasteiger partial charge in [0.05, 0.1) is 12.4 Å². The smallest absolute Gasteiger partial charge is 0.271 e. The summed E-state index contributed by atoms with van der Waals surface area (Å²) in [6, 6.07) is 0.293. The van der Waals surface area contributed by atoms with Crippen LogP contribution >= 0.6 is 11.6 Å². The van der Waals surface area contributed by atoms with Crippen molar-refractivity contribution >= 4 is 17.4 Å². The van der Waals surface area contributed by atoms with Crippen LogP contribution in [0.2, 0.25) is 5.02 Å². The Morgan fingerprint density at radius 1 is 1.67 bits per heavy atom. The van der Waals surface area contributed by atoms with Crippen molar-refractivity contribution in [3.05, 3.63) is 21.7 Å². The van der Waals surface area contributed by atoms with Crippen molar-refractivity contribution in [2.75, 3.05) is 12.4 Å². The van der Waals surface area contributed by atoms with Gasteiger partial charge >= 0.3 is 0 Å². The summed E-state index contributed by atoms with van der Waals surface area (Å²) in [4.78, 5) is 17.5. The number of hydrogen-bond acceptors (Lipinski definition) is 4. The molecule has 0 aliphatic heterocycles. The number of aromatic nitrogens is 2. The van der Waals surface area contributed by atoms with E-state index in [1.807, 2.05) is 0 Å². The van der Waals surface area contributed by atoms with Crippen molar-refractivity contribution in [3.8, 4) is 0 Å². The summed E-state index contributed by atoms with van der Waals surface area (Å²) in [6.45, 7) is 0. The third-order valence-corrected chi connectivity index (χ3v) is 2.92. The van der Waals surface area contributed by atoms with E-state index in [2.05, 4.69) is 15.3 Å². The van der Waals surface area contributed by atoms with Gasteiger partial charge in [-0.3, -0.25) is 4.79 Å². The number of hydrogen-bond donors (Lipinski definition) is 2. The predicted molar refractivity (Wildman–Crippen MR) is 57.3 cm³/mol. The van der Waals surface area contributed by atoms with Gasteiger partial charge < -0.3 is 15.0 Å². The maximum atomic E-state index is 11.2. The molecule has 1 aliphatic carbocycles. The van der Waals surface area contributed by atoms with Crippen LogP contribution in [0.15, 0.2) is 11.1 Å². The van der Waals surface area contributed by atoms with Gasteiger partial charge in [-0.2, -0.15) is 0 Å². The number of rotatable bonds is 3.